The molecule has 2 aromatic carbocycles. The minimum absolute atomic E-state index is 0.0172. The molecular formula is C18H13ClF6O5. The molecular weight excluding hydrogens is 446 g/mol. The zero-order valence-electron chi connectivity index (χ0n) is 15.0. The van der Waals surface area contributed by atoms with E-state index in [1.165, 1.54) is 24.3 Å². The van der Waals surface area contributed by atoms with Crippen LogP contribution in [0.5, 0.6) is 11.5 Å². The molecule has 0 unspecified atom stereocenters. The van der Waals surface area contributed by atoms with Gasteiger partial charge in [-0.15, -0.1) is 26.3 Å². The van der Waals surface area contributed by atoms with E-state index in [1.807, 2.05) is 0 Å². The van der Waals surface area contributed by atoms with Gasteiger partial charge in [0.1, 0.15) is 11.5 Å². The number of rotatable bonds is 5. The summed E-state index contributed by atoms with van der Waals surface area (Å²) in [6.45, 7) is 1.76. The smallest absolute Gasteiger partial charge is 0.462 e. The Morgan fingerprint density at radius 1 is 0.833 bits per heavy atom. The van der Waals surface area contributed by atoms with Crippen molar-refractivity contribution in [3.05, 3.63) is 59.7 Å². The van der Waals surface area contributed by atoms with Gasteiger partial charge in [0.2, 0.25) is 0 Å². The predicted octanol–water partition coefficient (Wildman–Crippen LogP) is 5.73. The molecule has 0 radical (unpaired) electrons. The van der Waals surface area contributed by atoms with Crippen LogP contribution in [-0.2, 0) is 4.74 Å². The van der Waals surface area contributed by atoms with Gasteiger partial charge in [-0.05, 0) is 54.9 Å². The highest BCUT2D eigenvalue weighted by Crippen LogP contribution is 2.24. The molecule has 0 fully saturated rings. The molecule has 30 heavy (non-hydrogen) atoms. The van der Waals surface area contributed by atoms with E-state index in [4.69, 9.17) is 11.6 Å². The molecule has 2 aromatic rings. The van der Waals surface area contributed by atoms with E-state index in [2.05, 4.69) is 14.2 Å². The summed E-state index contributed by atoms with van der Waals surface area (Å²) in [5.74, 6) is -1.60. The van der Waals surface area contributed by atoms with Gasteiger partial charge >= 0.3 is 18.7 Å². The summed E-state index contributed by atoms with van der Waals surface area (Å²) in [5, 5.41) is -0.836. The van der Waals surface area contributed by atoms with Gasteiger partial charge in [-0.2, -0.15) is 0 Å². The molecule has 12 heteroatoms. The first-order valence-electron chi connectivity index (χ1n) is 7.89. The van der Waals surface area contributed by atoms with E-state index in [0.29, 0.717) is 0 Å². The summed E-state index contributed by atoms with van der Waals surface area (Å²) in [4.78, 5) is 21.8. The molecule has 0 aromatic heterocycles. The van der Waals surface area contributed by atoms with E-state index in [-0.39, 0.29) is 17.7 Å². The topological polar surface area (TPSA) is 61.8 Å². The number of esters is 1. The SMILES string of the molecule is CCOC(=O)c1cccc(OC(F)(F)F)c1.O=C(Cl)c1cccc(OC(F)(F)F)c1. The van der Waals surface area contributed by atoms with Crippen LogP contribution in [-0.4, -0.2) is 30.5 Å². The highest BCUT2D eigenvalue weighted by molar-refractivity contribution is 6.67. The molecule has 0 aliphatic heterocycles. The fraction of sp³-hybridized carbons (Fsp3) is 0.222. The number of carbonyl (C=O) groups is 2. The Balaban J connectivity index is 0.000000303. The molecule has 0 spiro atoms. The first-order valence-corrected chi connectivity index (χ1v) is 8.27. The normalized spacial score (nSPS) is 11.1. The summed E-state index contributed by atoms with van der Waals surface area (Å²) in [6, 6.07) is 9.26. The zero-order chi connectivity index (χ0) is 22.9. The van der Waals surface area contributed by atoms with Crippen LogP contribution in [0.15, 0.2) is 48.5 Å². The maximum atomic E-state index is 11.9. The van der Waals surface area contributed by atoms with E-state index in [1.54, 1.807) is 6.92 Å². The minimum atomic E-state index is -4.77. The summed E-state index contributed by atoms with van der Waals surface area (Å²) in [6.07, 6.45) is -9.54. The predicted molar refractivity (Wildman–Crippen MR) is 92.4 cm³/mol. The lowest BCUT2D eigenvalue weighted by molar-refractivity contribution is -0.275. The molecule has 0 bridgehead atoms. The molecule has 0 aliphatic carbocycles. The van der Waals surface area contributed by atoms with Gasteiger partial charge in [-0.3, -0.25) is 4.79 Å². The van der Waals surface area contributed by atoms with Gasteiger partial charge in [-0.1, -0.05) is 12.1 Å². The highest BCUT2D eigenvalue weighted by atomic mass is 35.5. The number of halogens is 7. The Hall–Kier alpha value is -2.95. The van der Waals surface area contributed by atoms with Crippen molar-refractivity contribution in [1.29, 1.82) is 0 Å². The molecule has 0 aliphatic rings. The molecule has 0 saturated carbocycles. The summed E-state index contributed by atoms with van der Waals surface area (Å²) in [7, 11) is 0. The summed E-state index contributed by atoms with van der Waals surface area (Å²) < 4.78 is 82.7. The summed E-state index contributed by atoms with van der Waals surface area (Å²) in [5.41, 5.74) is -0.0305. The average molecular weight is 459 g/mol. The first kappa shape index (κ1) is 25.1. The Morgan fingerprint density at radius 2 is 1.27 bits per heavy atom. The van der Waals surface area contributed by atoms with Crippen molar-refractivity contribution in [2.24, 2.45) is 0 Å². The number of carbonyl (C=O) groups excluding carboxylic acids is 2. The van der Waals surface area contributed by atoms with Gasteiger partial charge in [0.05, 0.1) is 12.2 Å². The fourth-order valence-electron chi connectivity index (χ4n) is 1.85. The maximum absolute atomic E-state index is 11.9. The lowest BCUT2D eigenvalue weighted by atomic mass is 10.2. The van der Waals surface area contributed by atoms with Crippen molar-refractivity contribution >= 4 is 22.8 Å². The molecule has 0 N–H and O–H groups in total. The molecule has 0 heterocycles. The lowest BCUT2D eigenvalue weighted by Crippen LogP contribution is -2.17. The zero-order valence-corrected chi connectivity index (χ0v) is 15.8. The van der Waals surface area contributed by atoms with Crippen molar-refractivity contribution in [2.45, 2.75) is 19.6 Å². The number of alkyl halides is 6. The van der Waals surface area contributed by atoms with Gasteiger partial charge in [0.25, 0.3) is 5.24 Å². The van der Waals surface area contributed by atoms with Crippen LogP contribution in [0.25, 0.3) is 0 Å². The van der Waals surface area contributed by atoms with Crippen molar-refractivity contribution in [3.63, 3.8) is 0 Å². The third-order valence-electron chi connectivity index (χ3n) is 2.87. The Kier molecular flexibility index (Phi) is 8.96. The molecule has 0 saturated heterocycles. The van der Waals surface area contributed by atoms with Gasteiger partial charge in [-0.25, -0.2) is 4.79 Å². The van der Waals surface area contributed by atoms with Gasteiger partial charge in [0, 0.05) is 5.56 Å². The van der Waals surface area contributed by atoms with Crippen LogP contribution in [0.4, 0.5) is 26.3 Å². The second kappa shape index (κ2) is 10.7. The minimum Gasteiger partial charge on any atom is -0.462 e. The van der Waals surface area contributed by atoms with Gasteiger partial charge in [0.15, 0.2) is 0 Å². The number of hydrogen-bond acceptors (Lipinski definition) is 5. The Morgan fingerprint density at radius 3 is 1.67 bits per heavy atom. The maximum Gasteiger partial charge on any atom is 0.573 e. The first-order chi connectivity index (χ1) is 13.8. The van der Waals surface area contributed by atoms with Gasteiger partial charge < -0.3 is 14.2 Å². The largest absolute Gasteiger partial charge is 0.573 e. The molecule has 0 amide bonds. The van der Waals surface area contributed by atoms with Crippen LogP contribution >= 0.6 is 11.6 Å². The summed E-state index contributed by atoms with van der Waals surface area (Å²) >= 11 is 5.07. The van der Waals surface area contributed by atoms with E-state index >= 15 is 0 Å². The Bertz CT molecular complexity index is 867. The fourth-order valence-corrected chi connectivity index (χ4v) is 1.97. The van der Waals surface area contributed by atoms with Crippen molar-refractivity contribution in [1.82, 2.24) is 0 Å². The molecule has 5 nitrogen and oxygen atoms in total. The quantitative estimate of drug-likeness (QED) is 0.325. The van der Waals surface area contributed by atoms with Crippen molar-refractivity contribution < 1.29 is 50.1 Å². The van der Waals surface area contributed by atoms with E-state index < -0.39 is 35.4 Å². The molecule has 0 atom stereocenters. The standard InChI is InChI=1S/C10H9F3O3.C8H4ClF3O2/c1-2-15-9(14)7-4-3-5-8(6-7)16-10(11,12)13;9-7(13)5-2-1-3-6(4-5)14-8(10,11)12/h3-6H,2H2,1H3;1-4H. The number of hydrogen-bond donors (Lipinski definition) is 0. The van der Waals surface area contributed by atoms with E-state index in [0.717, 1.165) is 24.3 Å². The van der Waals surface area contributed by atoms with E-state index in [9.17, 15) is 35.9 Å². The third-order valence-corrected chi connectivity index (χ3v) is 3.09. The van der Waals surface area contributed by atoms with Crippen LogP contribution < -0.4 is 9.47 Å². The lowest BCUT2D eigenvalue weighted by Gasteiger charge is -2.09. The number of ether oxygens (including phenoxy) is 3. The number of benzene rings is 2. The van der Waals surface area contributed by atoms with Crippen LogP contribution in [0.2, 0.25) is 0 Å². The van der Waals surface area contributed by atoms with Crippen LogP contribution in [0.1, 0.15) is 27.6 Å². The monoisotopic (exact) mass is 458 g/mol. The molecule has 2 rings (SSSR count). The van der Waals surface area contributed by atoms with Crippen LogP contribution in [0.3, 0.4) is 0 Å². The highest BCUT2D eigenvalue weighted by Gasteiger charge is 2.32. The van der Waals surface area contributed by atoms with Crippen LogP contribution in [0, 0.1) is 0 Å². The average Bonchev–Trinajstić information content (AvgIpc) is 2.60. The third kappa shape index (κ3) is 10.0. The van der Waals surface area contributed by atoms with Crippen molar-refractivity contribution in [3.8, 4) is 11.5 Å². The second-order valence-corrected chi connectivity index (χ2v) is 5.49. The Labute approximate surface area is 171 Å². The second-order valence-electron chi connectivity index (χ2n) is 5.15. The van der Waals surface area contributed by atoms with Crippen molar-refractivity contribution in [2.75, 3.05) is 6.61 Å². The molecule has 164 valence electrons.